The molecule has 0 aliphatic heterocycles. The Morgan fingerprint density at radius 3 is 2.04 bits per heavy atom. The van der Waals surface area contributed by atoms with Crippen molar-refractivity contribution < 1.29 is 4.42 Å². The molecule has 0 aliphatic carbocycles. The van der Waals surface area contributed by atoms with Gasteiger partial charge in [0.25, 0.3) is 0 Å². The SMILES string of the molecule is c1cc(-c2ccc3sc4nc(-c5cccc(-c6cccc7c6sc6ccccc67)c5)cnc4c3c2)cc(-c2cccc3c2oc2ccccc23)c1. The van der Waals surface area contributed by atoms with Gasteiger partial charge < -0.3 is 4.42 Å². The summed E-state index contributed by atoms with van der Waals surface area (Å²) in [5, 5.41) is 6.02. The van der Waals surface area contributed by atoms with Gasteiger partial charge in [-0.25, -0.2) is 4.98 Å². The number of furan rings is 1. The van der Waals surface area contributed by atoms with Crippen molar-refractivity contribution in [2.75, 3.05) is 0 Å². The number of fused-ring (bicyclic) bond motifs is 9. The minimum absolute atomic E-state index is 0.882. The number of para-hydroxylation sites is 2. The summed E-state index contributed by atoms with van der Waals surface area (Å²) in [5.74, 6) is 0. The molecule has 11 rings (SSSR count). The van der Waals surface area contributed by atoms with E-state index in [4.69, 9.17) is 14.4 Å². The lowest BCUT2D eigenvalue weighted by Gasteiger charge is -2.08. The zero-order valence-corrected chi connectivity index (χ0v) is 28.8. The van der Waals surface area contributed by atoms with Gasteiger partial charge in [0.05, 0.1) is 11.9 Å². The highest BCUT2D eigenvalue weighted by molar-refractivity contribution is 7.26. The molecule has 0 amide bonds. The monoisotopic (exact) mass is 686 g/mol. The molecule has 0 unspecified atom stereocenters. The van der Waals surface area contributed by atoms with E-state index in [1.807, 2.05) is 29.7 Å². The summed E-state index contributed by atoms with van der Waals surface area (Å²) in [5.41, 5.74) is 11.7. The summed E-state index contributed by atoms with van der Waals surface area (Å²) >= 11 is 3.56. The van der Waals surface area contributed by atoms with Crippen LogP contribution in [0.5, 0.6) is 0 Å². The first-order valence-corrected chi connectivity index (χ1v) is 18.6. The Hall–Kier alpha value is -6.14. The van der Waals surface area contributed by atoms with Crippen molar-refractivity contribution in [2.45, 2.75) is 0 Å². The van der Waals surface area contributed by atoms with Gasteiger partial charge in [0, 0.05) is 52.2 Å². The summed E-state index contributed by atoms with van der Waals surface area (Å²) < 4.78 is 10.2. The van der Waals surface area contributed by atoms with Gasteiger partial charge in [-0.1, -0.05) is 115 Å². The maximum absolute atomic E-state index is 6.36. The van der Waals surface area contributed by atoms with E-state index in [-0.39, 0.29) is 0 Å². The lowest BCUT2D eigenvalue weighted by molar-refractivity contribution is 0.670. The Kier molecular flexibility index (Phi) is 6.29. The number of thiophene rings is 2. The molecule has 0 aliphatic rings. The molecule has 51 heavy (non-hydrogen) atoms. The smallest absolute Gasteiger partial charge is 0.143 e. The van der Waals surface area contributed by atoms with E-state index >= 15 is 0 Å². The fraction of sp³-hybridized carbons (Fsp3) is 0. The normalized spacial score (nSPS) is 11.9. The Bertz CT molecular complexity index is 3170. The van der Waals surface area contributed by atoms with Gasteiger partial charge >= 0.3 is 0 Å². The quantitative estimate of drug-likeness (QED) is 0.185. The Morgan fingerprint density at radius 2 is 1.12 bits per heavy atom. The zero-order valence-electron chi connectivity index (χ0n) is 27.1. The fourth-order valence-electron chi connectivity index (χ4n) is 7.52. The number of hydrogen-bond donors (Lipinski definition) is 0. The van der Waals surface area contributed by atoms with E-state index in [9.17, 15) is 0 Å². The number of nitrogens with zero attached hydrogens (tertiary/aromatic N) is 2. The van der Waals surface area contributed by atoms with Crippen LogP contribution < -0.4 is 0 Å². The van der Waals surface area contributed by atoms with Crippen LogP contribution in [-0.4, -0.2) is 9.97 Å². The summed E-state index contributed by atoms with van der Waals surface area (Å²) in [7, 11) is 0. The van der Waals surface area contributed by atoms with E-state index in [1.165, 1.54) is 36.0 Å². The van der Waals surface area contributed by atoms with Gasteiger partial charge in [0.15, 0.2) is 0 Å². The Labute approximate surface area is 300 Å². The highest BCUT2D eigenvalue weighted by atomic mass is 32.1. The van der Waals surface area contributed by atoms with Gasteiger partial charge in [-0.3, -0.25) is 4.98 Å². The van der Waals surface area contributed by atoms with Gasteiger partial charge in [0.1, 0.15) is 21.5 Å². The van der Waals surface area contributed by atoms with Crippen LogP contribution in [-0.2, 0) is 0 Å². The second-order valence-electron chi connectivity index (χ2n) is 12.9. The second-order valence-corrected chi connectivity index (χ2v) is 15.0. The number of aromatic nitrogens is 2. The van der Waals surface area contributed by atoms with Crippen molar-refractivity contribution in [3.05, 3.63) is 158 Å². The van der Waals surface area contributed by atoms with Crippen molar-refractivity contribution in [1.82, 2.24) is 9.97 Å². The van der Waals surface area contributed by atoms with E-state index < -0.39 is 0 Å². The lowest BCUT2D eigenvalue weighted by Crippen LogP contribution is -1.87. The molecule has 0 atom stereocenters. The molecular formula is C46H26N2OS2. The minimum atomic E-state index is 0.882. The lowest BCUT2D eigenvalue weighted by atomic mass is 9.97. The Morgan fingerprint density at radius 1 is 0.451 bits per heavy atom. The molecule has 4 heterocycles. The van der Waals surface area contributed by atoms with Crippen LogP contribution in [0.25, 0.3) is 107 Å². The third-order valence-corrected chi connectivity index (χ3v) is 12.2. The van der Waals surface area contributed by atoms with Crippen molar-refractivity contribution in [1.29, 1.82) is 0 Å². The average Bonchev–Trinajstić information content (AvgIpc) is 3.88. The van der Waals surface area contributed by atoms with Crippen molar-refractivity contribution in [2.24, 2.45) is 0 Å². The van der Waals surface area contributed by atoms with E-state index in [1.54, 1.807) is 11.3 Å². The molecular weight excluding hydrogens is 661 g/mol. The fourth-order valence-corrected chi connectivity index (χ4v) is 9.77. The van der Waals surface area contributed by atoms with Crippen molar-refractivity contribution in [3.8, 4) is 44.6 Å². The van der Waals surface area contributed by atoms with Crippen LogP contribution >= 0.6 is 22.7 Å². The van der Waals surface area contributed by atoms with Crippen molar-refractivity contribution in [3.63, 3.8) is 0 Å². The third kappa shape index (κ3) is 4.56. The second kappa shape index (κ2) is 11.2. The Balaban J connectivity index is 0.964. The maximum Gasteiger partial charge on any atom is 0.143 e. The van der Waals surface area contributed by atoms with Gasteiger partial charge in [0.2, 0.25) is 0 Å². The average molecular weight is 687 g/mol. The molecule has 0 fully saturated rings. The highest BCUT2D eigenvalue weighted by Crippen LogP contribution is 2.42. The third-order valence-electron chi connectivity index (χ3n) is 9.97. The summed E-state index contributed by atoms with van der Waals surface area (Å²) in [6.07, 6.45) is 1.93. The molecule has 11 aromatic rings. The standard InChI is InChI=1S/C46H26N2OS2/c1-3-19-40-34(13-1)36-17-7-15-32(44(36)49-40)29-10-5-9-27(23-29)28-21-22-42-38(25-28)43-46(51-42)48-39(26-47-43)31-12-6-11-30(24-31)33-16-8-18-37-35-14-2-4-20-41(35)50-45(33)37/h1-26H. The molecule has 238 valence electrons. The summed E-state index contributed by atoms with van der Waals surface area (Å²) in [6.45, 7) is 0. The van der Waals surface area contributed by atoms with Crippen LogP contribution in [0, 0.1) is 0 Å². The zero-order chi connectivity index (χ0) is 33.5. The summed E-state index contributed by atoms with van der Waals surface area (Å²) in [6, 6.07) is 54.0. The first kappa shape index (κ1) is 28.7. The van der Waals surface area contributed by atoms with Crippen LogP contribution in [0.1, 0.15) is 0 Å². The summed E-state index contributed by atoms with van der Waals surface area (Å²) in [4.78, 5) is 11.1. The first-order chi connectivity index (χ1) is 25.2. The van der Waals surface area contributed by atoms with Gasteiger partial charge in [-0.15, -0.1) is 22.7 Å². The molecule has 0 spiro atoms. The highest BCUT2D eigenvalue weighted by Gasteiger charge is 2.16. The topological polar surface area (TPSA) is 38.9 Å². The van der Waals surface area contributed by atoms with E-state index in [2.05, 4.69) is 140 Å². The van der Waals surface area contributed by atoms with Gasteiger partial charge in [-0.05, 0) is 64.2 Å². The molecule has 7 aromatic carbocycles. The largest absolute Gasteiger partial charge is 0.455 e. The van der Waals surface area contributed by atoms with Crippen LogP contribution in [0.4, 0.5) is 0 Å². The number of rotatable bonds is 4. The predicted octanol–water partition coefficient (Wildman–Crippen LogP) is 13.8. The molecule has 5 heteroatoms. The maximum atomic E-state index is 6.36. The molecule has 0 bridgehead atoms. The van der Waals surface area contributed by atoms with Crippen LogP contribution in [0.2, 0.25) is 0 Å². The molecule has 3 nitrogen and oxygen atoms in total. The molecule has 0 saturated carbocycles. The molecule has 0 N–H and O–H groups in total. The van der Waals surface area contributed by atoms with Crippen molar-refractivity contribution >= 4 is 85.2 Å². The van der Waals surface area contributed by atoms with E-state index in [0.717, 1.165) is 71.2 Å². The minimum Gasteiger partial charge on any atom is -0.455 e. The van der Waals surface area contributed by atoms with E-state index in [0.29, 0.717) is 0 Å². The molecule has 0 radical (unpaired) electrons. The van der Waals surface area contributed by atoms with Gasteiger partial charge in [-0.2, -0.15) is 0 Å². The van der Waals surface area contributed by atoms with Crippen LogP contribution in [0.3, 0.4) is 0 Å². The number of benzene rings is 7. The van der Waals surface area contributed by atoms with Crippen LogP contribution in [0.15, 0.2) is 162 Å². The first-order valence-electron chi connectivity index (χ1n) is 17.0. The predicted molar refractivity (Wildman–Crippen MR) is 217 cm³/mol. The molecule has 0 saturated heterocycles. The number of hydrogen-bond acceptors (Lipinski definition) is 5. The molecule has 4 aromatic heterocycles.